The molecule has 0 bridgehead atoms. The lowest BCUT2D eigenvalue weighted by atomic mass is 9.85. The van der Waals surface area contributed by atoms with Gasteiger partial charge in [0.2, 0.25) is 5.95 Å². The van der Waals surface area contributed by atoms with Gasteiger partial charge in [-0.3, -0.25) is 14.9 Å². The number of hydrogen-bond acceptors (Lipinski definition) is 8. The van der Waals surface area contributed by atoms with Crippen molar-refractivity contribution >= 4 is 27.6 Å². The number of nitrogens with one attached hydrogen (secondary N) is 1. The number of aryl methyl sites for hydroxylation is 1. The molecule has 1 amide bonds. The van der Waals surface area contributed by atoms with Crippen LogP contribution in [-0.2, 0) is 22.9 Å². The third-order valence-electron chi connectivity index (χ3n) is 7.12. The van der Waals surface area contributed by atoms with Crippen molar-refractivity contribution < 1.29 is 18.1 Å². The highest BCUT2D eigenvalue weighted by Crippen LogP contribution is 2.28. The minimum atomic E-state index is -4.26. The van der Waals surface area contributed by atoms with Crippen LogP contribution in [0.4, 0.5) is 11.6 Å². The van der Waals surface area contributed by atoms with Crippen molar-refractivity contribution in [3.05, 3.63) is 87.7 Å². The molecule has 0 saturated heterocycles. The van der Waals surface area contributed by atoms with Crippen molar-refractivity contribution in [3.63, 3.8) is 0 Å². The lowest BCUT2D eigenvalue weighted by molar-refractivity contribution is -0.384. The normalized spacial score (nSPS) is 14.1. The summed E-state index contributed by atoms with van der Waals surface area (Å²) in [4.78, 5) is 34.2. The fourth-order valence-corrected chi connectivity index (χ4v) is 5.78. The predicted molar refractivity (Wildman–Crippen MR) is 148 cm³/mol. The number of amides is 1. The Morgan fingerprint density at radius 2 is 1.74 bits per heavy atom. The van der Waals surface area contributed by atoms with Gasteiger partial charge in [-0.25, -0.2) is 23.1 Å². The lowest BCUT2D eigenvalue weighted by Gasteiger charge is -2.22. The van der Waals surface area contributed by atoms with Crippen LogP contribution in [0.25, 0.3) is 0 Å². The summed E-state index contributed by atoms with van der Waals surface area (Å²) in [6.45, 7) is 0.673. The number of nitro benzene ring substituents is 1. The topological polar surface area (TPSA) is 135 Å². The molecule has 2 aromatic carbocycles. The molecule has 1 heterocycles. The second-order valence-corrected chi connectivity index (χ2v) is 11.6. The van der Waals surface area contributed by atoms with Crippen LogP contribution in [0, 0.1) is 16.0 Å². The van der Waals surface area contributed by atoms with Gasteiger partial charge in [0.1, 0.15) is 0 Å². The molecule has 0 spiro atoms. The highest BCUT2D eigenvalue weighted by molar-refractivity contribution is 7.90. The van der Waals surface area contributed by atoms with E-state index >= 15 is 0 Å². The standard InChI is InChI=1S/C28H33N5O5S/c1-32(19-18-22-10-6-3-7-11-22)28-29-20-25(26(30-28)17-12-21-8-4-2-5-9-21)27(34)31-39(37,38)24-15-13-23(14-16-24)33(35)36/h3,6-7,10-11,13-16,20-21H,2,4-5,8-9,12,17-19H2,1H3,(H,31,34). The predicted octanol–water partition coefficient (Wildman–Crippen LogP) is 4.70. The number of benzene rings is 2. The van der Waals surface area contributed by atoms with Gasteiger partial charge >= 0.3 is 0 Å². The lowest BCUT2D eigenvalue weighted by Crippen LogP contribution is -2.32. The van der Waals surface area contributed by atoms with Crippen LogP contribution >= 0.6 is 0 Å². The molecular weight excluding hydrogens is 518 g/mol. The molecule has 0 radical (unpaired) electrons. The van der Waals surface area contributed by atoms with Crippen molar-refractivity contribution in [1.82, 2.24) is 14.7 Å². The third kappa shape index (κ3) is 7.60. The molecule has 1 aliphatic rings. The molecule has 0 unspecified atom stereocenters. The van der Waals surface area contributed by atoms with Crippen LogP contribution in [0.5, 0.6) is 0 Å². The van der Waals surface area contributed by atoms with Crippen LogP contribution in [-0.4, -0.2) is 42.8 Å². The molecule has 1 fully saturated rings. The van der Waals surface area contributed by atoms with E-state index in [9.17, 15) is 23.3 Å². The molecule has 39 heavy (non-hydrogen) atoms. The average molecular weight is 552 g/mol. The number of aromatic nitrogens is 2. The fraction of sp³-hybridized carbons (Fsp3) is 0.393. The maximum atomic E-state index is 13.2. The molecule has 11 heteroatoms. The summed E-state index contributed by atoms with van der Waals surface area (Å²) >= 11 is 0. The highest BCUT2D eigenvalue weighted by atomic mass is 32.2. The fourth-order valence-electron chi connectivity index (χ4n) is 4.81. The molecule has 206 valence electrons. The Morgan fingerprint density at radius 1 is 1.05 bits per heavy atom. The van der Waals surface area contributed by atoms with E-state index < -0.39 is 20.9 Å². The van der Waals surface area contributed by atoms with Gasteiger partial charge in [-0.05, 0) is 42.9 Å². The summed E-state index contributed by atoms with van der Waals surface area (Å²) in [6.07, 6.45) is 9.51. The summed E-state index contributed by atoms with van der Waals surface area (Å²) in [5.41, 5.74) is 1.56. The molecule has 0 atom stereocenters. The van der Waals surface area contributed by atoms with E-state index in [4.69, 9.17) is 4.98 Å². The van der Waals surface area contributed by atoms with E-state index in [0.717, 1.165) is 49.9 Å². The van der Waals surface area contributed by atoms with Crippen LogP contribution in [0.15, 0.2) is 65.7 Å². The Labute approximate surface area is 228 Å². The molecule has 1 aromatic heterocycles. The Balaban J connectivity index is 1.53. The van der Waals surface area contributed by atoms with E-state index in [1.165, 1.54) is 31.0 Å². The number of non-ortho nitro benzene ring substituents is 1. The highest BCUT2D eigenvalue weighted by Gasteiger charge is 2.24. The largest absolute Gasteiger partial charge is 0.344 e. The number of hydrogen-bond donors (Lipinski definition) is 1. The Kier molecular flexibility index (Phi) is 9.23. The molecule has 1 saturated carbocycles. The SMILES string of the molecule is CN(CCc1ccccc1)c1ncc(C(=O)NS(=O)(=O)c2ccc([N+](=O)[O-])cc2)c(CCC2CCCCC2)n1. The minimum absolute atomic E-state index is 0.108. The molecular formula is C28H33N5O5S. The summed E-state index contributed by atoms with van der Waals surface area (Å²) in [5, 5.41) is 10.9. The van der Waals surface area contributed by atoms with E-state index in [2.05, 4.69) is 21.8 Å². The number of likely N-dealkylation sites (N-methyl/N-ethyl adjacent to an activating group) is 1. The van der Waals surface area contributed by atoms with Crippen molar-refractivity contribution in [2.45, 2.75) is 56.3 Å². The minimum Gasteiger partial charge on any atom is -0.344 e. The molecule has 10 nitrogen and oxygen atoms in total. The van der Waals surface area contributed by atoms with Crippen molar-refractivity contribution in [2.75, 3.05) is 18.5 Å². The average Bonchev–Trinajstić information content (AvgIpc) is 2.95. The van der Waals surface area contributed by atoms with Gasteiger partial charge in [0.25, 0.3) is 21.6 Å². The molecule has 3 aromatic rings. The maximum Gasteiger partial charge on any atom is 0.269 e. The number of carbonyl (C=O) groups is 1. The number of carbonyl (C=O) groups excluding carboxylic acids is 1. The quantitative estimate of drug-likeness (QED) is 0.268. The van der Waals surface area contributed by atoms with Crippen LogP contribution in [0.3, 0.4) is 0 Å². The maximum absolute atomic E-state index is 13.2. The van der Waals surface area contributed by atoms with Crippen molar-refractivity contribution in [2.24, 2.45) is 5.92 Å². The van der Waals surface area contributed by atoms with E-state index in [0.29, 0.717) is 30.5 Å². The smallest absolute Gasteiger partial charge is 0.269 e. The third-order valence-corrected chi connectivity index (χ3v) is 8.47. The summed E-state index contributed by atoms with van der Waals surface area (Å²) in [6, 6.07) is 14.4. The molecule has 1 aliphatic carbocycles. The second-order valence-electron chi connectivity index (χ2n) is 9.92. The van der Waals surface area contributed by atoms with Gasteiger partial charge in [-0.2, -0.15) is 0 Å². The van der Waals surface area contributed by atoms with Gasteiger partial charge in [0.05, 0.1) is 21.1 Å². The van der Waals surface area contributed by atoms with Gasteiger partial charge in [-0.15, -0.1) is 0 Å². The van der Waals surface area contributed by atoms with Crippen LogP contribution in [0.1, 0.15) is 60.1 Å². The first-order chi connectivity index (χ1) is 18.7. The van der Waals surface area contributed by atoms with Crippen LogP contribution < -0.4 is 9.62 Å². The summed E-state index contributed by atoms with van der Waals surface area (Å²) < 4.78 is 27.8. The molecule has 4 rings (SSSR count). The van der Waals surface area contributed by atoms with Gasteiger partial charge in [0.15, 0.2) is 0 Å². The number of nitro groups is 1. The molecule has 1 N–H and O–H groups in total. The van der Waals surface area contributed by atoms with E-state index in [1.807, 2.05) is 30.1 Å². The number of anilines is 1. The Bertz CT molecular complexity index is 1390. The van der Waals surface area contributed by atoms with Crippen molar-refractivity contribution in [3.8, 4) is 0 Å². The number of sulfonamides is 1. The zero-order valence-corrected chi connectivity index (χ0v) is 22.8. The first-order valence-corrected chi connectivity index (χ1v) is 14.6. The molecule has 0 aliphatic heterocycles. The monoisotopic (exact) mass is 551 g/mol. The van der Waals surface area contributed by atoms with Gasteiger partial charge in [0, 0.05) is 31.9 Å². The zero-order chi connectivity index (χ0) is 27.8. The second kappa shape index (κ2) is 12.8. The zero-order valence-electron chi connectivity index (χ0n) is 22.0. The Morgan fingerprint density at radius 3 is 2.41 bits per heavy atom. The summed E-state index contributed by atoms with van der Waals surface area (Å²) in [7, 11) is -2.37. The number of nitrogens with zero attached hydrogens (tertiary/aromatic N) is 4. The van der Waals surface area contributed by atoms with E-state index in [-0.39, 0.29) is 16.1 Å². The first-order valence-electron chi connectivity index (χ1n) is 13.2. The van der Waals surface area contributed by atoms with Crippen molar-refractivity contribution in [1.29, 1.82) is 0 Å². The first kappa shape index (κ1) is 28.2. The van der Waals surface area contributed by atoms with Gasteiger partial charge < -0.3 is 4.90 Å². The van der Waals surface area contributed by atoms with Crippen LogP contribution in [0.2, 0.25) is 0 Å². The summed E-state index contributed by atoms with van der Waals surface area (Å²) in [5.74, 6) is 0.192. The Hall–Kier alpha value is -3.86. The van der Waals surface area contributed by atoms with Gasteiger partial charge in [-0.1, -0.05) is 62.4 Å². The number of rotatable bonds is 11. The van der Waals surface area contributed by atoms with E-state index in [1.54, 1.807) is 0 Å².